The first-order valence-electron chi connectivity index (χ1n) is 6.49. The zero-order chi connectivity index (χ0) is 16.2. The van der Waals surface area contributed by atoms with Crippen LogP contribution in [0.3, 0.4) is 0 Å². The molecule has 0 saturated heterocycles. The Balaban J connectivity index is 0.00000264. The molecular weight excluding hydrogens is 351 g/mol. The third-order valence-corrected chi connectivity index (χ3v) is 3.79. The Morgan fingerprint density at radius 3 is 2.48 bits per heavy atom. The van der Waals surface area contributed by atoms with Crippen LogP contribution in [0.4, 0.5) is 13.2 Å². The predicted molar refractivity (Wildman–Crippen MR) is 84.7 cm³/mol. The lowest BCUT2D eigenvalue weighted by Crippen LogP contribution is -2.23. The maximum atomic E-state index is 12.4. The smallest absolute Gasteiger partial charge is 0.347 e. The van der Waals surface area contributed by atoms with E-state index < -0.39 is 11.7 Å². The molecule has 1 heterocycles. The van der Waals surface area contributed by atoms with Gasteiger partial charge in [0.1, 0.15) is 5.69 Å². The van der Waals surface area contributed by atoms with E-state index in [0.29, 0.717) is 24.2 Å². The van der Waals surface area contributed by atoms with Gasteiger partial charge in [-0.3, -0.25) is 4.79 Å². The van der Waals surface area contributed by atoms with Crippen molar-refractivity contribution >= 4 is 29.7 Å². The minimum Gasteiger partial charge on any atom is -0.347 e. The van der Waals surface area contributed by atoms with Crippen molar-refractivity contribution < 1.29 is 18.0 Å². The van der Waals surface area contributed by atoms with Crippen molar-refractivity contribution in [1.82, 2.24) is 10.3 Å². The number of aromatic nitrogens is 1. The van der Waals surface area contributed by atoms with Crippen LogP contribution in [0.5, 0.6) is 0 Å². The molecule has 0 aliphatic carbocycles. The van der Waals surface area contributed by atoms with Crippen LogP contribution in [0.25, 0.3) is 0 Å². The molecule has 126 valence electrons. The van der Waals surface area contributed by atoms with Gasteiger partial charge in [-0.05, 0) is 24.2 Å². The van der Waals surface area contributed by atoms with E-state index in [2.05, 4.69) is 10.3 Å². The van der Waals surface area contributed by atoms with Crippen LogP contribution < -0.4 is 11.1 Å². The number of carbonyl (C=O) groups is 1. The SMILES string of the molecule is Cl.NCCc1nc(C(=O)NCc2ccc(C(F)(F)F)cc2)cs1. The first-order chi connectivity index (χ1) is 10.4. The third-order valence-electron chi connectivity index (χ3n) is 2.88. The van der Waals surface area contributed by atoms with Crippen molar-refractivity contribution in [3.63, 3.8) is 0 Å². The summed E-state index contributed by atoms with van der Waals surface area (Å²) in [7, 11) is 0. The van der Waals surface area contributed by atoms with Crippen LogP contribution in [0.15, 0.2) is 29.6 Å². The molecule has 4 nitrogen and oxygen atoms in total. The van der Waals surface area contributed by atoms with Gasteiger partial charge < -0.3 is 11.1 Å². The van der Waals surface area contributed by atoms with Gasteiger partial charge in [0.2, 0.25) is 0 Å². The minimum atomic E-state index is -4.36. The number of amides is 1. The molecule has 0 atom stereocenters. The highest BCUT2D eigenvalue weighted by Crippen LogP contribution is 2.29. The van der Waals surface area contributed by atoms with Crippen LogP contribution in [-0.2, 0) is 19.1 Å². The number of benzene rings is 1. The summed E-state index contributed by atoms with van der Waals surface area (Å²) in [4.78, 5) is 16.0. The van der Waals surface area contributed by atoms with E-state index in [4.69, 9.17) is 5.73 Å². The number of alkyl halides is 3. The van der Waals surface area contributed by atoms with Gasteiger partial charge in [-0.25, -0.2) is 4.98 Å². The second kappa shape index (κ2) is 8.28. The zero-order valence-corrected chi connectivity index (χ0v) is 13.5. The molecule has 0 aliphatic heterocycles. The lowest BCUT2D eigenvalue weighted by Gasteiger charge is -2.08. The summed E-state index contributed by atoms with van der Waals surface area (Å²) < 4.78 is 37.3. The number of rotatable bonds is 5. The molecule has 1 amide bonds. The highest BCUT2D eigenvalue weighted by Gasteiger charge is 2.29. The first-order valence-corrected chi connectivity index (χ1v) is 7.37. The second-order valence-corrected chi connectivity index (χ2v) is 5.49. The Kier molecular flexibility index (Phi) is 6.99. The molecule has 3 N–H and O–H groups in total. The molecule has 0 fully saturated rings. The van der Waals surface area contributed by atoms with Gasteiger partial charge in [0.15, 0.2) is 0 Å². The van der Waals surface area contributed by atoms with Gasteiger partial charge in [0.05, 0.1) is 10.6 Å². The predicted octanol–water partition coefficient (Wildman–Crippen LogP) is 3.01. The Hall–Kier alpha value is -1.64. The fourth-order valence-electron chi connectivity index (χ4n) is 1.74. The van der Waals surface area contributed by atoms with Gasteiger partial charge in [-0.1, -0.05) is 12.1 Å². The summed E-state index contributed by atoms with van der Waals surface area (Å²) in [6.07, 6.45) is -3.75. The Morgan fingerprint density at radius 2 is 1.91 bits per heavy atom. The van der Waals surface area contributed by atoms with Crippen LogP contribution >= 0.6 is 23.7 Å². The Morgan fingerprint density at radius 1 is 1.26 bits per heavy atom. The van der Waals surface area contributed by atoms with Gasteiger partial charge in [0.25, 0.3) is 5.91 Å². The van der Waals surface area contributed by atoms with Crippen molar-refractivity contribution in [2.45, 2.75) is 19.1 Å². The largest absolute Gasteiger partial charge is 0.416 e. The van der Waals surface area contributed by atoms with E-state index in [1.165, 1.54) is 23.5 Å². The lowest BCUT2D eigenvalue weighted by atomic mass is 10.1. The van der Waals surface area contributed by atoms with E-state index in [9.17, 15) is 18.0 Å². The molecule has 0 aliphatic rings. The molecule has 0 saturated carbocycles. The van der Waals surface area contributed by atoms with Gasteiger partial charge in [0, 0.05) is 18.3 Å². The summed E-state index contributed by atoms with van der Waals surface area (Å²) in [5.74, 6) is -0.362. The molecule has 0 unspecified atom stereocenters. The molecule has 1 aromatic heterocycles. The maximum Gasteiger partial charge on any atom is 0.416 e. The summed E-state index contributed by atoms with van der Waals surface area (Å²) in [6.45, 7) is 0.598. The standard InChI is InChI=1S/C14H14F3N3OS.ClH/c15-14(16,17)10-3-1-9(2-4-10)7-19-13(21)11-8-22-12(20-11)5-6-18;/h1-4,8H,5-7,18H2,(H,19,21);1H. The summed E-state index contributed by atoms with van der Waals surface area (Å²) in [6, 6.07) is 4.65. The van der Waals surface area contributed by atoms with Crippen molar-refractivity contribution in [2.75, 3.05) is 6.54 Å². The summed E-state index contributed by atoms with van der Waals surface area (Å²) >= 11 is 1.35. The first kappa shape index (κ1) is 19.4. The van der Waals surface area contributed by atoms with E-state index in [-0.39, 0.29) is 24.9 Å². The number of hydrogen-bond acceptors (Lipinski definition) is 4. The van der Waals surface area contributed by atoms with Crippen LogP contribution in [0.1, 0.15) is 26.6 Å². The van der Waals surface area contributed by atoms with E-state index in [1.54, 1.807) is 5.38 Å². The average Bonchev–Trinajstić information content (AvgIpc) is 2.93. The molecular formula is C14H15ClF3N3OS. The van der Waals surface area contributed by atoms with Crippen molar-refractivity contribution in [3.05, 3.63) is 51.5 Å². The van der Waals surface area contributed by atoms with Gasteiger partial charge in [-0.2, -0.15) is 13.2 Å². The van der Waals surface area contributed by atoms with Crippen molar-refractivity contribution in [1.29, 1.82) is 0 Å². The minimum absolute atomic E-state index is 0. The van der Waals surface area contributed by atoms with Crippen LogP contribution in [0, 0.1) is 0 Å². The molecule has 1 aromatic carbocycles. The highest BCUT2D eigenvalue weighted by atomic mass is 35.5. The third kappa shape index (κ3) is 5.49. The van der Waals surface area contributed by atoms with Crippen molar-refractivity contribution in [3.8, 4) is 0 Å². The molecule has 0 radical (unpaired) electrons. The summed E-state index contributed by atoms with van der Waals surface area (Å²) in [5, 5.41) is 5.03. The molecule has 23 heavy (non-hydrogen) atoms. The van der Waals surface area contributed by atoms with Crippen LogP contribution in [0.2, 0.25) is 0 Å². The van der Waals surface area contributed by atoms with Gasteiger partial charge in [-0.15, -0.1) is 23.7 Å². The molecule has 0 bridgehead atoms. The van der Waals surface area contributed by atoms with Gasteiger partial charge >= 0.3 is 6.18 Å². The molecule has 2 rings (SSSR count). The monoisotopic (exact) mass is 365 g/mol. The number of nitrogens with one attached hydrogen (secondary N) is 1. The fraction of sp³-hybridized carbons (Fsp3) is 0.286. The summed E-state index contributed by atoms with van der Waals surface area (Å²) in [5.41, 5.74) is 5.57. The Labute approximate surface area is 141 Å². The average molecular weight is 366 g/mol. The number of thiazole rings is 1. The zero-order valence-electron chi connectivity index (χ0n) is 11.9. The topological polar surface area (TPSA) is 68.0 Å². The van der Waals surface area contributed by atoms with Crippen molar-refractivity contribution in [2.24, 2.45) is 5.73 Å². The van der Waals surface area contributed by atoms with E-state index in [1.807, 2.05) is 0 Å². The fourth-order valence-corrected chi connectivity index (χ4v) is 2.53. The highest BCUT2D eigenvalue weighted by molar-refractivity contribution is 7.09. The quantitative estimate of drug-likeness (QED) is 0.855. The second-order valence-electron chi connectivity index (χ2n) is 4.54. The van der Waals surface area contributed by atoms with E-state index >= 15 is 0 Å². The number of nitrogens with zero attached hydrogens (tertiary/aromatic N) is 1. The number of carbonyl (C=O) groups excluding carboxylic acids is 1. The van der Waals surface area contributed by atoms with E-state index in [0.717, 1.165) is 17.1 Å². The maximum absolute atomic E-state index is 12.4. The molecule has 0 spiro atoms. The molecule has 2 aromatic rings. The van der Waals surface area contributed by atoms with Crippen LogP contribution in [-0.4, -0.2) is 17.4 Å². The number of hydrogen-bond donors (Lipinski definition) is 2. The lowest BCUT2D eigenvalue weighted by molar-refractivity contribution is -0.137. The Bertz CT molecular complexity index is 643. The normalized spacial score (nSPS) is 11.0. The number of nitrogens with two attached hydrogens (primary N) is 1. The molecule has 9 heteroatoms. The number of halogens is 4.